The number of hydrogen-bond acceptors (Lipinski definition) is 5. The fourth-order valence-electron chi connectivity index (χ4n) is 3.13. The third kappa shape index (κ3) is 3.89. The summed E-state index contributed by atoms with van der Waals surface area (Å²) in [6.45, 7) is 6.77. The molecule has 1 aromatic carbocycles. The molecule has 1 aromatic heterocycles. The molecule has 0 radical (unpaired) electrons. The highest BCUT2D eigenvalue weighted by molar-refractivity contribution is 5.74. The molecule has 1 aliphatic rings. The second-order valence-corrected chi connectivity index (χ2v) is 6.15. The molecular formula is C17H24N4O2. The van der Waals surface area contributed by atoms with Crippen molar-refractivity contribution in [1.82, 2.24) is 19.8 Å². The van der Waals surface area contributed by atoms with Gasteiger partial charge in [-0.2, -0.15) is 0 Å². The Kier molecular flexibility index (Phi) is 4.93. The number of carbonyl (C=O) groups excluding carboxylic acids is 1. The van der Waals surface area contributed by atoms with Gasteiger partial charge in [0.25, 0.3) is 0 Å². The average molecular weight is 316 g/mol. The maximum atomic E-state index is 11.3. The number of carbonyl (C=O) groups is 1. The normalized spacial score (nSPS) is 20.0. The van der Waals surface area contributed by atoms with E-state index in [2.05, 4.69) is 32.8 Å². The summed E-state index contributed by atoms with van der Waals surface area (Å²) < 4.78 is 4.71. The van der Waals surface area contributed by atoms with Crippen LogP contribution in [0.2, 0.25) is 0 Å². The Bertz CT molecular complexity index is 636. The molecule has 2 aromatic rings. The molecule has 1 unspecified atom stereocenters. The van der Waals surface area contributed by atoms with Crippen molar-refractivity contribution >= 4 is 17.0 Å². The molecular weight excluding hydrogens is 292 g/mol. The van der Waals surface area contributed by atoms with E-state index >= 15 is 0 Å². The Morgan fingerprint density at radius 1 is 1.39 bits per heavy atom. The third-order valence-corrected chi connectivity index (χ3v) is 4.50. The lowest BCUT2D eigenvalue weighted by atomic mass is 10.2. The molecule has 3 rings (SSSR count). The Morgan fingerprint density at radius 3 is 2.96 bits per heavy atom. The van der Waals surface area contributed by atoms with E-state index in [-0.39, 0.29) is 5.97 Å². The topological polar surface area (TPSA) is 61.5 Å². The third-order valence-electron chi connectivity index (χ3n) is 4.50. The Balaban J connectivity index is 1.55. The minimum Gasteiger partial charge on any atom is -0.469 e. The van der Waals surface area contributed by atoms with Crippen molar-refractivity contribution in [2.45, 2.75) is 25.9 Å². The Labute approximate surface area is 136 Å². The molecule has 23 heavy (non-hydrogen) atoms. The van der Waals surface area contributed by atoms with Gasteiger partial charge in [-0.25, -0.2) is 4.98 Å². The predicted octanol–water partition coefficient (Wildman–Crippen LogP) is 1.63. The maximum Gasteiger partial charge on any atom is 0.306 e. The van der Waals surface area contributed by atoms with Crippen molar-refractivity contribution in [3.63, 3.8) is 0 Å². The van der Waals surface area contributed by atoms with E-state index in [9.17, 15) is 4.79 Å². The molecule has 1 atom stereocenters. The van der Waals surface area contributed by atoms with Crippen LogP contribution in [-0.4, -0.2) is 65.1 Å². The first kappa shape index (κ1) is 16.0. The van der Waals surface area contributed by atoms with E-state index in [1.54, 1.807) is 0 Å². The fraction of sp³-hybridized carbons (Fsp3) is 0.529. The van der Waals surface area contributed by atoms with Gasteiger partial charge in [-0.05, 0) is 19.1 Å². The van der Waals surface area contributed by atoms with E-state index in [0.717, 1.165) is 49.6 Å². The minimum atomic E-state index is -0.137. The molecule has 2 heterocycles. The first-order valence-corrected chi connectivity index (χ1v) is 8.12. The van der Waals surface area contributed by atoms with Crippen molar-refractivity contribution in [1.29, 1.82) is 0 Å². The second kappa shape index (κ2) is 7.10. The molecule has 1 aliphatic heterocycles. The van der Waals surface area contributed by atoms with Crippen LogP contribution in [0.1, 0.15) is 19.2 Å². The summed E-state index contributed by atoms with van der Waals surface area (Å²) in [7, 11) is 1.44. The molecule has 6 heteroatoms. The Morgan fingerprint density at radius 2 is 2.22 bits per heavy atom. The lowest BCUT2D eigenvalue weighted by Gasteiger charge is -2.39. The molecule has 1 fully saturated rings. The van der Waals surface area contributed by atoms with Gasteiger partial charge in [0.1, 0.15) is 5.82 Å². The standard InChI is InChI=1S/C17H24N4O2/c1-13-11-20(8-7-17(22)23-2)9-10-21(13)12-16-18-14-5-3-4-6-15(14)19-16/h3-6,13H,7-12H2,1-2H3,(H,18,19). The zero-order valence-electron chi connectivity index (χ0n) is 13.8. The number of aromatic nitrogens is 2. The monoisotopic (exact) mass is 316 g/mol. The summed E-state index contributed by atoms with van der Waals surface area (Å²) in [5.74, 6) is 0.878. The number of nitrogens with one attached hydrogen (secondary N) is 1. The zero-order valence-corrected chi connectivity index (χ0v) is 13.8. The lowest BCUT2D eigenvalue weighted by Crippen LogP contribution is -2.51. The highest BCUT2D eigenvalue weighted by Crippen LogP contribution is 2.16. The van der Waals surface area contributed by atoms with Gasteiger partial charge < -0.3 is 9.72 Å². The summed E-state index contributed by atoms with van der Waals surface area (Å²) in [5, 5.41) is 0. The largest absolute Gasteiger partial charge is 0.469 e. The van der Waals surface area contributed by atoms with Crippen molar-refractivity contribution < 1.29 is 9.53 Å². The molecule has 0 saturated carbocycles. The first-order chi connectivity index (χ1) is 11.2. The quantitative estimate of drug-likeness (QED) is 0.850. The highest BCUT2D eigenvalue weighted by Gasteiger charge is 2.24. The summed E-state index contributed by atoms with van der Waals surface area (Å²) in [6, 6.07) is 8.56. The smallest absolute Gasteiger partial charge is 0.306 e. The molecule has 0 amide bonds. The number of imidazole rings is 1. The van der Waals surface area contributed by atoms with E-state index in [0.29, 0.717) is 12.5 Å². The zero-order chi connectivity index (χ0) is 16.2. The van der Waals surface area contributed by atoms with E-state index < -0.39 is 0 Å². The number of nitrogens with zero attached hydrogens (tertiary/aromatic N) is 3. The van der Waals surface area contributed by atoms with Gasteiger partial charge in [0, 0.05) is 32.2 Å². The van der Waals surface area contributed by atoms with Crippen LogP contribution >= 0.6 is 0 Å². The van der Waals surface area contributed by atoms with Crippen molar-refractivity contribution in [3.05, 3.63) is 30.1 Å². The van der Waals surface area contributed by atoms with Crippen LogP contribution in [0.15, 0.2) is 24.3 Å². The number of rotatable bonds is 5. The highest BCUT2D eigenvalue weighted by atomic mass is 16.5. The van der Waals surface area contributed by atoms with Gasteiger partial charge in [0.15, 0.2) is 0 Å². The minimum absolute atomic E-state index is 0.137. The SMILES string of the molecule is COC(=O)CCN1CCN(Cc2nc3ccccc3[nH]2)C(C)C1. The number of benzene rings is 1. The predicted molar refractivity (Wildman–Crippen MR) is 89.0 cm³/mol. The summed E-state index contributed by atoms with van der Waals surface area (Å²) in [5.41, 5.74) is 2.11. The van der Waals surface area contributed by atoms with Crippen LogP contribution < -0.4 is 0 Å². The Hall–Kier alpha value is -1.92. The van der Waals surface area contributed by atoms with Gasteiger partial charge in [-0.3, -0.25) is 14.6 Å². The van der Waals surface area contributed by atoms with Gasteiger partial charge in [0.2, 0.25) is 0 Å². The first-order valence-electron chi connectivity index (χ1n) is 8.12. The number of piperazine rings is 1. The van der Waals surface area contributed by atoms with Crippen molar-refractivity contribution in [2.75, 3.05) is 33.3 Å². The number of para-hydroxylation sites is 2. The van der Waals surface area contributed by atoms with Crippen LogP contribution in [0.25, 0.3) is 11.0 Å². The van der Waals surface area contributed by atoms with Gasteiger partial charge >= 0.3 is 5.97 Å². The van der Waals surface area contributed by atoms with Crippen molar-refractivity contribution in [2.24, 2.45) is 0 Å². The number of hydrogen-bond donors (Lipinski definition) is 1. The summed E-state index contributed by atoms with van der Waals surface area (Å²) in [4.78, 5) is 24.1. The van der Waals surface area contributed by atoms with E-state index in [1.165, 1.54) is 7.11 Å². The number of H-pyrrole nitrogens is 1. The number of methoxy groups -OCH3 is 1. The lowest BCUT2D eigenvalue weighted by molar-refractivity contribution is -0.141. The second-order valence-electron chi connectivity index (χ2n) is 6.15. The molecule has 124 valence electrons. The van der Waals surface area contributed by atoms with E-state index in [1.807, 2.05) is 18.2 Å². The molecule has 0 bridgehead atoms. The number of esters is 1. The van der Waals surface area contributed by atoms with Crippen LogP contribution in [0, 0.1) is 0 Å². The van der Waals surface area contributed by atoms with Crippen LogP contribution in [0.4, 0.5) is 0 Å². The fourth-order valence-corrected chi connectivity index (χ4v) is 3.13. The molecule has 6 nitrogen and oxygen atoms in total. The average Bonchev–Trinajstić information content (AvgIpc) is 2.97. The van der Waals surface area contributed by atoms with Crippen LogP contribution in [0.5, 0.6) is 0 Å². The van der Waals surface area contributed by atoms with Crippen LogP contribution in [-0.2, 0) is 16.1 Å². The van der Waals surface area contributed by atoms with E-state index in [4.69, 9.17) is 4.74 Å². The number of ether oxygens (including phenoxy) is 1. The van der Waals surface area contributed by atoms with Crippen LogP contribution in [0.3, 0.4) is 0 Å². The van der Waals surface area contributed by atoms with Gasteiger partial charge in [-0.1, -0.05) is 12.1 Å². The molecule has 1 saturated heterocycles. The molecule has 0 spiro atoms. The number of fused-ring (bicyclic) bond motifs is 1. The summed E-state index contributed by atoms with van der Waals surface area (Å²) in [6.07, 6.45) is 0.465. The number of aromatic amines is 1. The van der Waals surface area contributed by atoms with Gasteiger partial charge in [-0.15, -0.1) is 0 Å². The maximum absolute atomic E-state index is 11.3. The van der Waals surface area contributed by atoms with Gasteiger partial charge in [0.05, 0.1) is 31.1 Å². The molecule has 0 aliphatic carbocycles. The van der Waals surface area contributed by atoms with Crippen molar-refractivity contribution in [3.8, 4) is 0 Å². The summed E-state index contributed by atoms with van der Waals surface area (Å²) >= 11 is 0. The molecule has 1 N–H and O–H groups in total.